The number of piperidine rings is 1. The number of anilines is 1. The molecule has 0 unspecified atom stereocenters. The third-order valence-electron chi connectivity index (χ3n) is 3.38. The maximum absolute atomic E-state index is 12.7. The van der Waals surface area contributed by atoms with E-state index in [0.29, 0.717) is 5.95 Å². The molecule has 6 heteroatoms. The zero-order chi connectivity index (χ0) is 14.8. The van der Waals surface area contributed by atoms with Crippen LogP contribution in [0.2, 0.25) is 0 Å². The molecule has 1 aromatic heterocycles. The van der Waals surface area contributed by atoms with Gasteiger partial charge in [0.05, 0.1) is 12.4 Å². The number of hydrogen-bond donors (Lipinski definition) is 1. The van der Waals surface area contributed by atoms with Gasteiger partial charge in [-0.25, -0.2) is 14.4 Å². The molecule has 1 aliphatic rings. The van der Waals surface area contributed by atoms with Crippen LogP contribution in [-0.2, 0) is 4.79 Å². The minimum atomic E-state index is -0.443. The van der Waals surface area contributed by atoms with Crippen LogP contribution in [0.15, 0.2) is 12.4 Å². The normalized spacial score (nSPS) is 17.1. The van der Waals surface area contributed by atoms with Gasteiger partial charge in [0.25, 0.3) is 0 Å². The van der Waals surface area contributed by atoms with E-state index < -0.39 is 5.82 Å². The van der Waals surface area contributed by atoms with Gasteiger partial charge in [0.2, 0.25) is 11.9 Å². The minimum absolute atomic E-state index is 0.189. The van der Waals surface area contributed by atoms with Gasteiger partial charge < -0.3 is 10.2 Å². The number of halogens is 1. The van der Waals surface area contributed by atoms with Gasteiger partial charge in [-0.15, -0.1) is 0 Å². The van der Waals surface area contributed by atoms with Crippen molar-refractivity contribution in [2.24, 2.45) is 5.41 Å². The van der Waals surface area contributed by atoms with E-state index in [0.717, 1.165) is 38.3 Å². The Bertz CT molecular complexity index is 461. The molecule has 0 aromatic carbocycles. The fourth-order valence-corrected chi connectivity index (χ4v) is 2.27. The van der Waals surface area contributed by atoms with Gasteiger partial charge in [0.15, 0.2) is 5.82 Å². The minimum Gasteiger partial charge on any atom is -0.351 e. The van der Waals surface area contributed by atoms with Crippen LogP contribution in [0.25, 0.3) is 0 Å². The SMILES string of the molecule is CC(C)(C)C(=O)N1CCC(Nc2ncc(F)cn2)CC1. The molecule has 2 heterocycles. The molecule has 1 amide bonds. The largest absolute Gasteiger partial charge is 0.351 e. The Morgan fingerprint density at radius 1 is 1.30 bits per heavy atom. The van der Waals surface area contributed by atoms with Gasteiger partial charge in [0.1, 0.15) is 0 Å². The van der Waals surface area contributed by atoms with Crippen molar-refractivity contribution < 1.29 is 9.18 Å². The van der Waals surface area contributed by atoms with Gasteiger partial charge in [-0.3, -0.25) is 4.79 Å². The van der Waals surface area contributed by atoms with Gasteiger partial charge in [0, 0.05) is 24.5 Å². The fourth-order valence-electron chi connectivity index (χ4n) is 2.27. The van der Waals surface area contributed by atoms with E-state index in [4.69, 9.17) is 0 Å². The molecule has 1 aromatic rings. The molecule has 5 nitrogen and oxygen atoms in total. The summed E-state index contributed by atoms with van der Waals surface area (Å²) >= 11 is 0. The summed E-state index contributed by atoms with van der Waals surface area (Å²) in [5, 5.41) is 3.18. The van der Waals surface area contributed by atoms with Crippen molar-refractivity contribution in [1.29, 1.82) is 0 Å². The maximum Gasteiger partial charge on any atom is 0.227 e. The summed E-state index contributed by atoms with van der Waals surface area (Å²) in [4.78, 5) is 21.8. The first-order chi connectivity index (χ1) is 9.36. The Labute approximate surface area is 118 Å². The molecule has 2 rings (SSSR count). The van der Waals surface area contributed by atoms with Crippen LogP contribution >= 0.6 is 0 Å². The van der Waals surface area contributed by atoms with E-state index in [1.807, 2.05) is 25.7 Å². The van der Waals surface area contributed by atoms with Crippen molar-refractivity contribution in [3.05, 3.63) is 18.2 Å². The highest BCUT2D eigenvalue weighted by atomic mass is 19.1. The molecule has 1 N–H and O–H groups in total. The van der Waals surface area contributed by atoms with Crippen LogP contribution in [-0.4, -0.2) is 39.9 Å². The lowest BCUT2D eigenvalue weighted by molar-refractivity contribution is -0.140. The second-order valence-corrected chi connectivity index (χ2v) is 6.19. The van der Waals surface area contributed by atoms with Gasteiger partial charge in [-0.1, -0.05) is 20.8 Å². The van der Waals surface area contributed by atoms with Crippen molar-refractivity contribution in [2.45, 2.75) is 39.7 Å². The Kier molecular flexibility index (Phi) is 4.20. The standard InChI is InChI=1S/C14H21FN4O/c1-14(2,3)12(20)19-6-4-11(5-7-19)18-13-16-8-10(15)9-17-13/h8-9,11H,4-7H2,1-3H3,(H,16,17,18). The monoisotopic (exact) mass is 280 g/mol. The van der Waals surface area contributed by atoms with E-state index >= 15 is 0 Å². The number of amides is 1. The van der Waals surface area contributed by atoms with E-state index in [1.54, 1.807) is 0 Å². The summed E-state index contributed by atoms with van der Waals surface area (Å²) in [7, 11) is 0. The van der Waals surface area contributed by atoms with Crippen LogP contribution < -0.4 is 5.32 Å². The van der Waals surface area contributed by atoms with E-state index in [-0.39, 0.29) is 17.4 Å². The molecule has 0 radical (unpaired) electrons. The van der Waals surface area contributed by atoms with Crippen LogP contribution in [0.4, 0.5) is 10.3 Å². The third kappa shape index (κ3) is 3.65. The second-order valence-electron chi connectivity index (χ2n) is 6.19. The maximum atomic E-state index is 12.7. The van der Waals surface area contributed by atoms with Crippen molar-refractivity contribution >= 4 is 11.9 Å². The summed E-state index contributed by atoms with van der Waals surface area (Å²) in [6.45, 7) is 7.27. The van der Waals surface area contributed by atoms with Crippen LogP contribution in [0.1, 0.15) is 33.6 Å². The Balaban J connectivity index is 1.85. The van der Waals surface area contributed by atoms with Crippen LogP contribution in [0, 0.1) is 11.2 Å². The average Bonchev–Trinajstić information content (AvgIpc) is 2.40. The number of carbonyl (C=O) groups excluding carboxylic acids is 1. The highest BCUT2D eigenvalue weighted by Crippen LogP contribution is 2.21. The zero-order valence-corrected chi connectivity index (χ0v) is 12.2. The lowest BCUT2D eigenvalue weighted by Crippen LogP contribution is -2.46. The average molecular weight is 280 g/mol. The topological polar surface area (TPSA) is 58.1 Å². The van der Waals surface area contributed by atoms with E-state index in [9.17, 15) is 9.18 Å². The van der Waals surface area contributed by atoms with Crippen molar-refractivity contribution in [3.8, 4) is 0 Å². The number of nitrogens with one attached hydrogen (secondary N) is 1. The molecular formula is C14H21FN4O. The first-order valence-electron chi connectivity index (χ1n) is 6.90. The lowest BCUT2D eigenvalue weighted by atomic mass is 9.93. The Morgan fingerprint density at radius 3 is 2.35 bits per heavy atom. The Morgan fingerprint density at radius 2 is 1.85 bits per heavy atom. The molecule has 0 saturated carbocycles. The Hall–Kier alpha value is -1.72. The summed E-state index contributed by atoms with van der Waals surface area (Å²) < 4.78 is 12.7. The summed E-state index contributed by atoms with van der Waals surface area (Å²) in [6.07, 6.45) is 3.99. The van der Waals surface area contributed by atoms with Crippen LogP contribution in [0.5, 0.6) is 0 Å². The summed E-state index contributed by atoms with van der Waals surface area (Å²) in [5.74, 6) is 0.183. The summed E-state index contributed by atoms with van der Waals surface area (Å²) in [5.41, 5.74) is -0.333. The predicted molar refractivity (Wildman–Crippen MR) is 74.7 cm³/mol. The number of carbonyl (C=O) groups is 1. The zero-order valence-electron chi connectivity index (χ0n) is 12.2. The smallest absolute Gasteiger partial charge is 0.227 e. The first-order valence-corrected chi connectivity index (χ1v) is 6.90. The quantitative estimate of drug-likeness (QED) is 0.901. The first kappa shape index (κ1) is 14.7. The highest BCUT2D eigenvalue weighted by molar-refractivity contribution is 5.81. The summed E-state index contributed by atoms with van der Waals surface area (Å²) in [6, 6.07) is 0.226. The van der Waals surface area contributed by atoms with Crippen molar-refractivity contribution in [1.82, 2.24) is 14.9 Å². The van der Waals surface area contributed by atoms with Gasteiger partial charge in [-0.05, 0) is 12.8 Å². The fraction of sp³-hybridized carbons (Fsp3) is 0.643. The molecule has 0 spiro atoms. The molecule has 1 aliphatic heterocycles. The number of rotatable bonds is 2. The molecule has 0 aliphatic carbocycles. The molecule has 110 valence electrons. The molecule has 1 saturated heterocycles. The molecular weight excluding hydrogens is 259 g/mol. The lowest BCUT2D eigenvalue weighted by Gasteiger charge is -2.35. The molecule has 0 bridgehead atoms. The third-order valence-corrected chi connectivity index (χ3v) is 3.38. The number of aromatic nitrogens is 2. The van der Waals surface area contributed by atoms with Gasteiger partial charge in [-0.2, -0.15) is 0 Å². The van der Waals surface area contributed by atoms with Crippen molar-refractivity contribution in [3.63, 3.8) is 0 Å². The van der Waals surface area contributed by atoms with Gasteiger partial charge >= 0.3 is 0 Å². The number of likely N-dealkylation sites (tertiary alicyclic amines) is 1. The molecule has 1 fully saturated rings. The van der Waals surface area contributed by atoms with E-state index in [2.05, 4.69) is 15.3 Å². The number of hydrogen-bond acceptors (Lipinski definition) is 4. The van der Waals surface area contributed by atoms with Crippen LogP contribution in [0.3, 0.4) is 0 Å². The second kappa shape index (κ2) is 5.73. The highest BCUT2D eigenvalue weighted by Gasteiger charge is 2.30. The molecule has 0 atom stereocenters. The predicted octanol–water partition coefficient (Wildman–Crippen LogP) is 2.06. The van der Waals surface area contributed by atoms with Crippen molar-refractivity contribution in [2.75, 3.05) is 18.4 Å². The number of nitrogens with zero attached hydrogens (tertiary/aromatic N) is 3. The van der Waals surface area contributed by atoms with E-state index in [1.165, 1.54) is 0 Å². The molecule has 20 heavy (non-hydrogen) atoms.